The van der Waals surface area contributed by atoms with Crippen molar-refractivity contribution in [3.8, 4) is 17.0 Å². The molecule has 0 saturated carbocycles. The van der Waals surface area contributed by atoms with E-state index in [4.69, 9.17) is 4.74 Å². The number of rotatable bonds is 3. The van der Waals surface area contributed by atoms with Crippen LogP contribution in [0.5, 0.6) is 5.88 Å². The van der Waals surface area contributed by atoms with Crippen molar-refractivity contribution in [1.29, 1.82) is 0 Å². The van der Waals surface area contributed by atoms with Crippen LogP contribution in [0.3, 0.4) is 0 Å². The summed E-state index contributed by atoms with van der Waals surface area (Å²) < 4.78 is 5.13. The number of aromatic nitrogens is 2. The summed E-state index contributed by atoms with van der Waals surface area (Å²) in [7, 11) is 1.63. The maximum Gasteiger partial charge on any atom is 0.212 e. The predicted octanol–water partition coefficient (Wildman–Crippen LogP) is 4.11. The second kappa shape index (κ2) is 5.00. The molecule has 0 spiro atoms. The van der Waals surface area contributed by atoms with Gasteiger partial charge in [-0.1, -0.05) is 18.6 Å². The fraction of sp³-hybridized carbons (Fsp3) is 0.235. The number of benzene rings is 1. The fourth-order valence-corrected chi connectivity index (χ4v) is 2.61. The molecule has 1 aromatic carbocycles. The Balaban J connectivity index is 2.24. The van der Waals surface area contributed by atoms with E-state index in [1.165, 1.54) is 27.7 Å². The van der Waals surface area contributed by atoms with Crippen molar-refractivity contribution in [3.63, 3.8) is 0 Å². The smallest absolute Gasteiger partial charge is 0.212 e. The molecule has 3 aromatic rings. The van der Waals surface area contributed by atoms with Gasteiger partial charge in [0.15, 0.2) is 0 Å². The van der Waals surface area contributed by atoms with Gasteiger partial charge in [0.1, 0.15) is 0 Å². The van der Waals surface area contributed by atoms with E-state index in [-0.39, 0.29) is 0 Å². The van der Waals surface area contributed by atoms with E-state index >= 15 is 0 Å². The summed E-state index contributed by atoms with van der Waals surface area (Å²) in [6, 6.07) is 10.5. The van der Waals surface area contributed by atoms with Crippen molar-refractivity contribution < 1.29 is 4.74 Å². The minimum absolute atomic E-state index is 0.642. The van der Waals surface area contributed by atoms with E-state index in [1.54, 1.807) is 7.11 Å². The Bertz CT molecular complexity index is 742. The molecule has 20 heavy (non-hydrogen) atoms. The number of methoxy groups -OCH3 is 1. The second-order valence-corrected chi connectivity index (χ2v) is 4.97. The standard InChI is InChI=1S/C17H18N2O/c1-4-14-17(12-6-8-16(20-3)18-10-12)13-9-11(2)5-7-15(13)19-14/h5-10,19H,4H2,1-3H3. The summed E-state index contributed by atoms with van der Waals surface area (Å²) in [5.74, 6) is 0.642. The first-order valence-electron chi connectivity index (χ1n) is 6.84. The Kier molecular flexibility index (Phi) is 3.18. The monoisotopic (exact) mass is 266 g/mol. The van der Waals surface area contributed by atoms with Crippen LogP contribution in [0.15, 0.2) is 36.5 Å². The molecule has 0 bridgehead atoms. The van der Waals surface area contributed by atoms with Gasteiger partial charge in [0, 0.05) is 40.0 Å². The number of hydrogen-bond acceptors (Lipinski definition) is 2. The molecule has 102 valence electrons. The lowest BCUT2D eigenvalue weighted by molar-refractivity contribution is 0.398. The third-order valence-corrected chi connectivity index (χ3v) is 3.62. The zero-order valence-corrected chi connectivity index (χ0v) is 12.0. The maximum absolute atomic E-state index is 5.13. The van der Waals surface area contributed by atoms with Gasteiger partial charge in [-0.2, -0.15) is 0 Å². The minimum atomic E-state index is 0.642. The van der Waals surface area contributed by atoms with E-state index in [9.17, 15) is 0 Å². The molecule has 0 aliphatic heterocycles. The normalized spacial score (nSPS) is 10.9. The molecule has 0 aliphatic carbocycles. The summed E-state index contributed by atoms with van der Waals surface area (Å²) >= 11 is 0. The van der Waals surface area contributed by atoms with Crippen LogP contribution in [0.25, 0.3) is 22.0 Å². The average Bonchev–Trinajstić information content (AvgIpc) is 2.85. The SMILES string of the molecule is CCc1[nH]c2ccc(C)cc2c1-c1ccc(OC)nc1. The quantitative estimate of drug-likeness (QED) is 0.774. The molecule has 3 nitrogen and oxygen atoms in total. The topological polar surface area (TPSA) is 37.9 Å². The molecule has 3 rings (SSSR count). The Morgan fingerprint density at radius 1 is 1.20 bits per heavy atom. The summed E-state index contributed by atoms with van der Waals surface area (Å²) in [5.41, 5.74) is 6.07. The summed E-state index contributed by atoms with van der Waals surface area (Å²) in [6.07, 6.45) is 2.85. The highest BCUT2D eigenvalue weighted by Gasteiger charge is 2.12. The summed E-state index contributed by atoms with van der Waals surface area (Å²) in [6.45, 7) is 4.28. The van der Waals surface area contributed by atoms with Gasteiger partial charge in [0.05, 0.1) is 7.11 Å². The lowest BCUT2D eigenvalue weighted by atomic mass is 10.0. The number of fused-ring (bicyclic) bond motifs is 1. The van der Waals surface area contributed by atoms with E-state index < -0.39 is 0 Å². The number of nitrogens with one attached hydrogen (secondary N) is 1. The van der Waals surface area contributed by atoms with Crippen LogP contribution in [0.4, 0.5) is 0 Å². The number of aryl methyl sites for hydroxylation is 2. The molecule has 0 atom stereocenters. The molecule has 0 unspecified atom stereocenters. The molecule has 2 heterocycles. The fourth-order valence-electron chi connectivity index (χ4n) is 2.61. The number of pyridine rings is 1. The Labute approximate surface area is 118 Å². The lowest BCUT2D eigenvalue weighted by Gasteiger charge is -2.05. The maximum atomic E-state index is 5.13. The number of aromatic amines is 1. The van der Waals surface area contributed by atoms with E-state index in [0.717, 1.165) is 12.0 Å². The van der Waals surface area contributed by atoms with E-state index in [2.05, 4.69) is 48.1 Å². The number of H-pyrrole nitrogens is 1. The van der Waals surface area contributed by atoms with Gasteiger partial charge < -0.3 is 9.72 Å². The Hall–Kier alpha value is -2.29. The number of nitrogens with zero attached hydrogens (tertiary/aromatic N) is 1. The van der Waals surface area contributed by atoms with Crippen molar-refractivity contribution >= 4 is 10.9 Å². The van der Waals surface area contributed by atoms with Crippen LogP contribution < -0.4 is 4.74 Å². The van der Waals surface area contributed by atoms with Crippen LogP contribution >= 0.6 is 0 Å². The zero-order valence-electron chi connectivity index (χ0n) is 12.0. The highest BCUT2D eigenvalue weighted by atomic mass is 16.5. The van der Waals surface area contributed by atoms with E-state index in [0.29, 0.717) is 5.88 Å². The van der Waals surface area contributed by atoms with Crippen LogP contribution in [0.2, 0.25) is 0 Å². The molecular formula is C17H18N2O. The third-order valence-electron chi connectivity index (χ3n) is 3.62. The number of ether oxygens (including phenoxy) is 1. The molecule has 0 aliphatic rings. The van der Waals surface area contributed by atoms with Gasteiger partial charge in [-0.15, -0.1) is 0 Å². The van der Waals surface area contributed by atoms with Crippen LogP contribution in [0, 0.1) is 6.92 Å². The largest absolute Gasteiger partial charge is 0.481 e. The first-order valence-corrected chi connectivity index (χ1v) is 6.84. The first-order chi connectivity index (χ1) is 9.72. The third kappa shape index (κ3) is 2.05. The van der Waals surface area contributed by atoms with E-state index in [1.807, 2.05) is 12.3 Å². The minimum Gasteiger partial charge on any atom is -0.481 e. The van der Waals surface area contributed by atoms with Crippen molar-refractivity contribution in [2.24, 2.45) is 0 Å². The van der Waals surface area contributed by atoms with Gasteiger partial charge in [-0.3, -0.25) is 0 Å². The molecule has 1 N–H and O–H groups in total. The van der Waals surface area contributed by atoms with Crippen molar-refractivity contribution in [3.05, 3.63) is 47.8 Å². The lowest BCUT2D eigenvalue weighted by Crippen LogP contribution is -1.89. The highest BCUT2D eigenvalue weighted by molar-refractivity contribution is 5.97. The Morgan fingerprint density at radius 2 is 2.05 bits per heavy atom. The predicted molar refractivity (Wildman–Crippen MR) is 82.2 cm³/mol. The van der Waals surface area contributed by atoms with Gasteiger partial charge >= 0.3 is 0 Å². The van der Waals surface area contributed by atoms with Gasteiger partial charge in [-0.05, 0) is 31.5 Å². The second-order valence-electron chi connectivity index (χ2n) is 4.97. The molecule has 2 aromatic heterocycles. The van der Waals surface area contributed by atoms with Crippen molar-refractivity contribution in [2.75, 3.05) is 7.11 Å². The van der Waals surface area contributed by atoms with Crippen LogP contribution in [0.1, 0.15) is 18.2 Å². The van der Waals surface area contributed by atoms with Crippen molar-refractivity contribution in [2.45, 2.75) is 20.3 Å². The van der Waals surface area contributed by atoms with Gasteiger partial charge in [-0.25, -0.2) is 4.98 Å². The number of hydrogen-bond donors (Lipinski definition) is 1. The highest BCUT2D eigenvalue weighted by Crippen LogP contribution is 2.33. The molecular weight excluding hydrogens is 248 g/mol. The molecule has 0 fully saturated rings. The molecule has 0 radical (unpaired) electrons. The van der Waals surface area contributed by atoms with Crippen LogP contribution in [-0.4, -0.2) is 17.1 Å². The van der Waals surface area contributed by atoms with Crippen LogP contribution in [-0.2, 0) is 6.42 Å². The van der Waals surface area contributed by atoms with Gasteiger partial charge in [0.2, 0.25) is 5.88 Å². The molecule has 0 saturated heterocycles. The molecule has 0 amide bonds. The van der Waals surface area contributed by atoms with Gasteiger partial charge in [0.25, 0.3) is 0 Å². The first kappa shape index (κ1) is 12.7. The average molecular weight is 266 g/mol. The summed E-state index contributed by atoms with van der Waals surface area (Å²) in [5, 5.41) is 1.26. The summed E-state index contributed by atoms with van der Waals surface area (Å²) in [4.78, 5) is 7.83. The van der Waals surface area contributed by atoms with Crippen molar-refractivity contribution in [1.82, 2.24) is 9.97 Å². The zero-order chi connectivity index (χ0) is 14.1. The Morgan fingerprint density at radius 3 is 2.70 bits per heavy atom. The molecule has 3 heteroatoms.